The van der Waals surface area contributed by atoms with Gasteiger partial charge in [-0.15, -0.1) is 0 Å². The van der Waals surface area contributed by atoms with E-state index in [1.165, 1.54) is 19.4 Å². The summed E-state index contributed by atoms with van der Waals surface area (Å²) in [4.78, 5) is 23.7. The Bertz CT molecular complexity index is 855. The summed E-state index contributed by atoms with van der Waals surface area (Å²) in [5.41, 5.74) is 2.48. The van der Waals surface area contributed by atoms with Crippen molar-refractivity contribution < 1.29 is 18.7 Å². The topological polar surface area (TPSA) is 92.3 Å². The summed E-state index contributed by atoms with van der Waals surface area (Å²) in [6.45, 7) is 0. The summed E-state index contributed by atoms with van der Waals surface area (Å²) in [5.74, 6) is -0.906. The first kappa shape index (κ1) is 13.6. The third kappa shape index (κ3) is 2.15. The van der Waals surface area contributed by atoms with Crippen LogP contribution in [0, 0.1) is 11.3 Å². The molecular weight excluding hydrogens is 284 g/mol. The lowest BCUT2D eigenvalue weighted by molar-refractivity contribution is -0.110. The van der Waals surface area contributed by atoms with Crippen molar-refractivity contribution in [3.63, 3.8) is 0 Å². The van der Waals surface area contributed by atoms with Crippen molar-refractivity contribution >= 4 is 29.2 Å². The first-order valence-electron chi connectivity index (χ1n) is 6.37. The maximum absolute atomic E-state index is 12.1. The number of rotatable bonds is 2. The highest BCUT2D eigenvalue weighted by molar-refractivity contribution is 6.35. The zero-order valence-corrected chi connectivity index (χ0v) is 11.5. The zero-order chi connectivity index (χ0) is 15.7. The van der Waals surface area contributed by atoms with Crippen LogP contribution in [0.1, 0.15) is 27.2 Å². The highest BCUT2D eigenvalue weighted by atomic mass is 16.5. The zero-order valence-electron chi connectivity index (χ0n) is 11.5. The molecule has 1 N–H and O–H groups in total. The number of carbonyl (C=O) groups excluding carboxylic acids is 2. The van der Waals surface area contributed by atoms with E-state index in [4.69, 9.17) is 9.68 Å². The second-order valence-electron chi connectivity index (χ2n) is 4.58. The maximum atomic E-state index is 12.1. The van der Waals surface area contributed by atoms with Gasteiger partial charge in [-0.05, 0) is 30.3 Å². The number of furan rings is 1. The van der Waals surface area contributed by atoms with Crippen LogP contribution < -0.4 is 5.32 Å². The fourth-order valence-corrected chi connectivity index (χ4v) is 2.25. The van der Waals surface area contributed by atoms with Gasteiger partial charge in [0.15, 0.2) is 0 Å². The summed E-state index contributed by atoms with van der Waals surface area (Å²) in [6.07, 6.45) is 2.89. The number of benzene rings is 1. The van der Waals surface area contributed by atoms with E-state index in [9.17, 15) is 9.59 Å². The molecule has 0 saturated heterocycles. The molecule has 1 aromatic heterocycles. The van der Waals surface area contributed by atoms with Crippen LogP contribution in [-0.2, 0) is 9.53 Å². The minimum Gasteiger partial charge on any atom is -0.463 e. The molecule has 0 unspecified atom stereocenters. The average Bonchev–Trinajstić information content (AvgIpc) is 3.11. The lowest BCUT2D eigenvalue weighted by atomic mass is 10.0. The summed E-state index contributed by atoms with van der Waals surface area (Å²) < 4.78 is 9.72. The van der Waals surface area contributed by atoms with Crippen LogP contribution in [-0.4, -0.2) is 19.0 Å². The number of nitriles is 1. The Balaban J connectivity index is 2.11. The van der Waals surface area contributed by atoms with Gasteiger partial charge in [-0.2, -0.15) is 5.26 Å². The SMILES string of the molecule is COC(=O)c1occc1/C=C1\C(=O)Nc2ccc(C#N)cc21. The van der Waals surface area contributed by atoms with E-state index in [0.717, 1.165) is 0 Å². The third-order valence-corrected chi connectivity index (χ3v) is 3.30. The van der Waals surface area contributed by atoms with Crippen LogP contribution in [0.5, 0.6) is 0 Å². The van der Waals surface area contributed by atoms with Crippen molar-refractivity contribution in [1.29, 1.82) is 5.26 Å². The van der Waals surface area contributed by atoms with Crippen LogP contribution in [0.3, 0.4) is 0 Å². The van der Waals surface area contributed by atoms with E-state index < -0.39 is 5.97 Å². The highest BCUT2D eigenvalue weighted by Crippen LogP contribution is 2.34. The number of hydrogen-bond acceptors (Lipinski definition) is 5. The van der Waals surface area contributed by atoms with Gasteiger partial charge in [-0.25, -0.2) is 4.79 Å². The largest absolute Gasteiger partial charge is 0.463 e. The average molecular weight is 294 g/mol. The normalized spacial score (nSPS) is 14.4. The van der Waals surface area contributed by atoms with Gasteiger partial charge in [-0.3, -0.25) is 4.79 Å². The number of methoxy groups -OCH3 is 1. The maximum Gasteiger partial charge on any atom is 0.374 e. The van der Waals surface area contributed by atoms with Crippen molar-refractivity contribution in [1.82, 2.24) is 0 Å². The molecule has 0 aliphatic carbocycles. The second kappa shape index (κ2) is 5.22. The molecule has 1 amide bonds. The lowest BCUT2D eigenvalue weighted by Crippen LogP contribution is -2.04. The summed E-state index contributed by atoms with van der Waals surface area (Å²) in [7, 11) is 1.25. The first-order valence-corrected chi connectivity index (χ1v) is 6.37. The van der Waals surface area contributed by atoms with E-state index in [-0.39, 0.29) is 11.7 Å². The first-order chi connectivity index (χ1) is 10.6. The number of hydrogen-bond donors (Lipinski definition) is 1. The number of nitrogens with one attached hydrogen (secondary N) is 1. The molecule has 2 aromatic rings. The monoisotopic (exact) mass is 294 g/mol. The number of anilines is 1. The van der Waals surface area contributed by atoms with Gasteiger partial charge in [0, 0.05) is 22.4 Å². The summed E-state index contributed by atoms with van der Waals surface area (Å²) in [5, 5.41) is 11.7. The number of carbonyl (C=O) groups is 2. The van der Waals surface area contributed by atoms with Crippen LogP contribution in [0.4, 0.5) is 5.69 Å². The minimum absolute atomic E-state index is 0.0210. The molecule has 22 heavy (non-hydrogen) atoms. The Kier molecular flexibility index (Phi) is 3.24. The van der Waals surface area contributed by atoms with Crippen molar-refractivity contribution in [3.05, 3.63) is 53.0 Å². The molecule has 0 atom stereocenters. The van der Waals surface area contributed by atoms with Gasteiger partial charge < -0.3 is 14.5 Å². The molecule has 0 fully saturated rings. The standard InChI is InChI=1S/C16H10N2O4/c1-21-16(20)14-10(4-5-22-14)7-12-11-6-9(8-17)2-3-13(11)18-15(12)19/h2-7H,1H3,(H,18,19)/b12-7-. The molecule has 0 bridgehead atoms. The van der Waals surface area contributed by atoms with Crippen molar-refractivity contribution in [3.8, 4) is 6.07 Å². The van der Waals surface area contributed by atoms with Crippen LogP contribution in [0.15, 0.2) is 34.9 Å². The summed E-state index contributed by atoms with van der Waals surface area (Å²) >= 11 is 0. The predicted molar refractivity (Wildman–Crippen MR) is 77.7 cm³/mol. The molecule has 6 nitrogen and oxygen atoms in total. The molecule has 1 aliphatic heterocycles. The molecule has 0 spiro atoms. The number of ether oxygens (including phenoxy) is 1. The molecular formula is C16H10N2O4. The minimum atomic E-state index is -0.624. The molecule has 2 heterocycles. The molecule has 1 aliphatic rings. The van der Waals surface area contributed by atoms with E-state index in [1.807, 2.05) is 6.07 Å². The fraction of sp³-hybridized carbons (Fsp3) is 0.0625. The number of fused-ring (bicyclic) bond motifs is 1. The van der Waals surface area contributed by atoms with Gasteiger partial charge >= 0.3 is 5.97 Å². The van der Waals surface area contributed by atoms with Gasteiger partial charge in [0.1, 0.15) is 0 Å². The fourth-order valence-electron chi connectivity index (χ4n) is 2.25. The van der Waals surface area contributed by atoms with Crippen LogP contribution in [0.2, 0.25) is 0 Å². The quantitative estimate of drug-likeness (QED) is 0.678. The Labute approximate surface area is 125 Å². The molecule has 0 radical (unpaired) electrons. The van der Waals surface area contributed by atoms with Gasteiger partial charge in [0.2, 0.25) is 5.76 Å². The van der Waals surface area contributed by atoms with Gasteiger partial charge in [-0.1, -0.05) is 0 Å². The van der Waals surface area contributed by atoms with E-state index in [0.29, 0.717) is 28.0 Å². The van der Waals surface area contributed by atoms with E-state index in [2.05, 4.69) is 10.1 Å². The lowest BCUT2D eigenvalue weighted by Gasteiger charge is -2.00. The smallest absolute Gasteiger partial charge is 0.374 e. The molecule has 6 heteroatoms. The number of amides is 1. The van der Waals surface area contributed by atoms with Crippen LogP contribution in [0.25, 0.3) is 11.6 Å². The van der Waals surface area contributed by atoms with Crippen LogP contribution >= 0.6 is 0 Å². The Morgan fingerprint density at radius 3 is 2.95 bits per heavy atom. The molecule has 3 rings (SSSR count). The van der Waals surface area contributed by atoms with Crippen molar-refractivity contribution in [2.75, 3.05) is 12.4 Å². The van der Waals surface area contributed by atoms with Crippen molar-refractivity contribution in [2.24, 2.45) is 0 Å². The second-order valence-corrected chi connectivity index (χ2v) is 4.58. The van der Waals surface area contributed by atoms with Crippen molar-refractivity contribution in [2.45, 2.75) is 0 Å². The predicted octanol–water partition coefficient (Wildman–Crippen LogP) is 2.43. The molecule has 108 valence electrons. The highest BCUT2D eigenvalue weighted by Gasteiger charge is 2.25. The van der Waals surface area contributed by atoms with Gasteiger partial charge in [0.25, 0.3) is 5.91 Å². The molecule has 1 aromatic carbocycles. The summed E-state index contributed by atoms with van der Waals surface area (Å²) in [6, 6.07) is 8.52. The number of esters is 1. The van der Waals surface area contributed by atoms with E-state index >= 15 is 0 Å². The number of nitrogens with zero attached hydrogens (tertiary/aromatic N) is 1. The Morgan fingerprint density at radius 1 is 1.41 bits per heavy atom. The Hall–Kier alpha value is -3.33. The van der Waals surface area contributed by atoms with E-state index in [1.54, 1.807) is 24.3 Å². The Morgan fingerprint density at radius 2 is 2.23 bits per heavy atom. The van der Waals surface area contributed by atoms with Gasteiger partial charge in [0.05, 0.1) is 25.0 Å². The molecule has 0 saturated carbocycles. The third-order valence-electron chi connectivity index (χ3n) is 3.30.